The van der Waals surface area contributed by atoms with E-state index in [-0.39, 0.29) is 11.4 Å². The molecule has 1 N–H and O–H groups in total. The van der Waals surface area contributed by atoms with E-state index in [1.54, 1.807) is 11.8 Å². The van der Waals surface area contributed by atoms with E-state index < -0.39 is 0 Å². The third kappa shape index (κ3) is 2.94. The van der Waals surface area contributed by atoms with Crippen molar-refractivity contribution in [1.29, 1.82) is 0 Å². The Morgan fingerprint density at radius 1 is 1.21 bits per heavy atom. The number of anilines is 1. The number of nitrogens with one attached hydrogen (secondary N) is 1. The normalized spacial score (nSPS) is 21.5. The number of hydrogen-bond acceptors (Lipinski definition) is 3. The van der Waals surface area contributed by atoms with Gasteiger partial charge in [0, 0.05) is 11.4 Å². The molecule has 1 spiro atoms. The highest BCUT2D eigenvalue weighted by Crippen LogP contribution is 2.39. The molecule has 4 heteroatoms. The van der Waals surface area contributed by atoms with E-state index in [9.17, 15) is 4.39 Å². The maximum Gasteiger partial charge on any atom is 0.161 e. The van der Waals surface area contributed by atoms with Crippen molar-refractivity contribution in [3.05, 3.63) is 29.6 Å². The minimum Gasteiger partial charge on any atom is -0.335 e. The van der Waals surface area contributed by atoms with Crippen LogP contribution in [0.1, 0.15) is 37.7 Å². The van der Waals surface area contributed by atoms with Crippen LogP contribution in [0.4, 0.5) is 10.1 Å². The van der Waals surface area contributed by atoms with Crippen LogP contribution in [0.25, 0.3) is 0 Å². The number of thioether (sulfide) groups is 1. The topological polar surface area (TPSA) is 24.4 Å². The highest BCUT2D eigenvalue weighted by Gasteiger charge is 2.36. The Morgan fingerprint density at radius 3 is 2.74 bits per heavy atom. The number of hydrogen-bond donors (Lipinski definition) is 1. The number of benzene rings is 1. The fourth-order valence-electron chi connectivity index (χ4n) is 2.94. The van der Waals surface area contributed by atoms with Crippen LogP contribution in [-0.4, -0.2) is 16.5 Å². The van der Waals surface area contributed by atoms with Gasteiger partial charge < -0.3 is 5.32 Å². The van der Waals surface area contributed by atoms with Gasteiger partial charge in [-0.05, 0) is 43.5 Å². The number of nitrogens with zero attached hydrogens (tertiary/aromatic N) is 1. The predicted molar refractivity (Wildman–Crippen MR) is 80.5 cm³/mol. The molecule has 1 aromatic rings. The van der Waals surface area contributed by atoms with Crippen LogP contribution in [0.5, 0.6) is 0 Å². The van der Waals surface area contributed by atoms with E-state index >= 15 is 0 Å². The van der Waals surface area contributed by atoms with Gasteiger partial charge >= 0.3 is 0 Å². The average molecular weight is 278 g/mol. The molecular weight excluding hydrogens is 259 g/mol. The van der Waals surface area contributed by atoms with Crippen LogP contribution >= 0.6 is 11.8 Å². The first-order chi connectivity index (χ1) is 9.15. The molecule has 0 atom stereocenters. The minimum atomic E-state index is -0.196. The summed E-state index contributed by atoms with van der Waals surface area (Å²) in [6.07, 6.45) is 6.32. The zero-order valence-electron chi connectivity index (χ0n) is 11.2. The summed E-state index contributed by atoms with van der Waals surface area (Å²) < 4.78 is 13.4. The second-order valence-corrected chi connectivity index (χ2v) is 6.60. The summed E-state index contributed by atoms with van der Waals surface area (Å²) in [5.74, 6) is 0.877. The Morgan fingerprint density at radius 2 is 2.00 bits per heavy atom. The lowest BCUT2D eigenvalue weighted by molar-refractivity contribution is 0.335. The summed E-state index contributed by atoms with van der Waals surface area (Å²) in [5.41, 5.74) is 1.89. The first kappa shape index (κ1) is 13.0. The first-order valence-electron chi connectivity index (χ1n) is 6.92. The zero-order valence-corrected chi connectivity index (χ0v) is 12.0. The lowest BCUT2D eigenvalue weighted by Crippen LogP contribution is -2.29. The molecule has 1 aliphatic carbocycles. The van der Waals surface area contributed by atoms with Gasteiger partial charge in [0.25, 0.3) is 0 Å². The smallest absolute Gasteiger partial charge is 0.161 e. The highest BCUT2D eigenvalue weighted by molar-refractivity contribution is 8.14. The van der Waals surface area contributed by atoms with E-state index in [2.05, 4.69) is 5.32 Å². The average Bonchev–Trinajstić information content (AvgIpc) is 2.71. The zero-order chi connectivity index (χ0) is 13.3. The van der Waals surface area contributed by atoms with Crippen molar-refractivity contribution >= 4 is 22.6 Å². The van der Waals surface area contributed by atoms with Crippen molar-refractivity contribution in [3.63, 3.8) is 0 Å². The van der Waals surface area contributed by atoms with E-state index in [4.69, 9.17) is 4.99 Å². The minimum absolute atomic E-state index is 0.160. The molecule has 0 aromatic heterocycles. The van der Waals surface area contributed by atoms with Gasteiger partial charge in [-0.1, -0.05) is 31.0 Å². The summed E-state index contributed by atoms with van der Waals surface area (Å²) >= 11 is 1.77. The van der Waals surface area contributed by atoms with Gasteiger partial charge in [-0.15, -0.1) is 0 Å². The second kappa shape index (κ2) is 5.16. The fraction of sp³-hybridized carbons (Fsp3) is 0.533. The van der Waals surface area contributed by atoms with Gasteiger partial charge in [0.1, 0.15) is 5.82 Å². The maximum absolute atomic E-state index is 13.4. The van der Waals surface area contributed by atoms with Gasteiger partial charge in [0.15, 0.2) is 5.17 Å². The lowest BCUT2D eigenvalue weighted by atomic mass is 9.84. The standard InChI is InChI=1S/C15H19FN2S/c1-11-7-12(16)9-13(8-11)17-14-18-15(10-19-14)5-3-2-4-6-15/h7-9H,2-6,10H2,1H3,(H,17,18). The molecule has 0 saturated heterocycles. The number of aliphatic imine (C=N–C) groups is 1. The first-order valence-corrected chi connectivity index (χ1v) is 7.91. The Hall–Kier alpha value is -1.03. The Kier molecular flexibility index (Phi) is 3.52. The summed E-state index contributed by atoms with van der Waals surface area (Å²) in [6, 6.07) is 5.03. The largest absolute Gasteiger partial charge is 0.335 e. The van der Waals surface area contributed by atoms with Gasteiger partial charge in [0.2, 0.25) is 0 Å². The van der Waals surface area contributed by atoms with Crippen LogP contribution in [0.2, 0.25) is 0 Å². The molecule has 1 fully saturated rings. The Bertz CT molecular complexity index is 487. The van der Waals surface area contributed by atoms with Crippen LogP contribution in [0.15, 0.2) is 23.2 Å². The highest BCUT2D eigenvalue weighted by atomic mass is 32.2. The number of amidine groups is 1. The molecule has 3 rings (SSSR count). The summed E-state index contributed by atoms with van der Waals surface area (Å²) in [5, 5.41) is 4.22. The molecule has 19 heavy (non-hydrogen) atoms. The Labute approximate surface area is 117 Å². The van der Waals surface area contributed by atoms with Crippen LogP contribution in [0.3, 0.4) is 0 Å². The van der Waals surface area contributed by atoms with Crippen molar-refractivity contribution in [1.82, 2.24) is 0 Å². The van der Waals surface area contributed by atoms with Gasteiger partial charge in [-0.2, -0.15) is 0 Å². The molecule has 102 valence electrons. The van der Waals surface area contributed by atoms with Crippen molar-refractivity contribution in [3.8, 4) is 0 Å². The number of rotatable bonds is 1. The van der Waals surface area contributed by atoms with Gasteiger partial charge in [-0.3, -0.25) is 4.99 Å². The van der Waals surface area contributed by atoms with E-state index in [0.29, 0.717) is 0 Å². The van der Waals surface area contributed by atoms with E-state index in [1.807, 2.05) is 13.0 Å². The third-order valence-electron chi connectivity index (χ3n) is 3.89. The molecule has 1 heterocycles. The molecule has 0 unspecified atom stereocenters. The quantitative estimate of drug-likeness (QED) is 0.825. The molecule has 1 saturated carbocycles. The van der Waals surface area contributed by atoms with Crippen LogP contribution < -0.4 is 5.32 Å². The predicted octanol–water partition coefficient (Wildman–Crippen LogP) is 4.35. The van der Waals surface area contributed by atoms with Crippen LogP contribution in [0, 0.1) is 12.7 Å². The van der Waals surface area contributed by atoms with E-state index in [0.717, 1.165) is 22.2 Å². The molecule has 0 bridgehead atoms. The second-order valence-electron chi connectivity index (χ2n) is 5.63. The Balaban J connectivity index is 1.75. The van der Waals surface area contributed by atoms with Gasteiger partial charge in [-0.25, -0.2) is 4.39 Å². The van der Waals surface area contributed by atoms with Crippen molar-refractivity contribution in [2.45, 2.75) is 44.6 Å². The van der Waals surface area contributed by atoms with Gasteiger partial charge in [0.05, 0.1) is 5.54 Å². The molecule has 2 aliphatic rings. The molecule has 0 amide bonds. The van der Waals surface area contributed by atoms with Crippen molar-refractivity contribution < 1.29 is 4.39 Å². The van der Waals surface area contributed by atoms with Crippen molar-refractivity contribution in [2.75, 3.05) is 11.1 Å². The molecular formula is C15H19FN2S. The maximum atomic E-state index is 13.4. The molecule has 2 nitrogen and oxygen atoms in total. The summed E-state index contributed by atoms with van der Waals surface area (Å²) in [6.45, 7) is 1.90. The third-order valence-corrected chi connectivity index (χ3v) is 5.04. The van der Waals surface area contributed by atoms with Crippen molar-refractivity contribution in [2.24, 2.45) is 4.99 Å². The number of halogens is 1. The number of aryl methyl sites for hydroxylation is 1. The van der Waals surface area contributed by atoms with E-state index in [1.165, 1.54) is 44.2 Å². The fourth-order valence-corrected chi connectivity index (χ4v) is 4.15. The molecule has 1 aromatic carbocycles. The summed E-state index contributed by atoms with van der Waals surface area (Å²) in [7, 11) is 0. The SMILES string of the molecule is Cc1cc(F)cc(NC2=NC3(CCCCC3)CS2)c1. The molecule has 0 radical (unpaired) electrons. The summed E-state index contributed by atoms with van der Waals surface area (Å²) in [4.78, 5) is 4.88. The van der Waals surface area contributed by atoms with Crippen LogP contribution in [-0.2, 0) is 0 Å². The lowest BCUT2D eigenvalue weighted by Gasteiger charge is -2.29. The molecule has 1 aliphatic heterocycles. The monoisotopic (exact) mass is 278 g/mol.